The summed E-state index contributed by atoms with van der Waals surface area (Å²) in [5, 5.41) is 7.43. The van der Waals surface area contributed by atoms with E-state index in [2.05, 4.69) is 16.5 Å². The van der Waals surface area contributed by atoms with Crippen molar-refractivity contribution in [3.63, 3.8) is 0 Å². The molecule has 2 aliphatic heterocycles. The lowest BCUT2D eigenvalue weighted by Gasteiger charge is -2.25. The monoisotopic (exact) mass is 258 g/mol. The molecule has 5 heteroatoms. The minimum atomic E-state index is 0.0412. The van der Waals surface area contributed by atoms with Gasteiger partial charge in [-0.1, -0.05) is 5.16 Å². The number of aromatic nitrogens is 1. The Morgan fingerprint density at radius 2 is 2.05 bits per heavy atom. The molecule has 0 saturated heterocycles. The maximum Gasteiger partial charge on any atom is 0.231 e. The molecule has 0 amide bonds. The Hall–Kier alpha value is -2.01. The summed E-state index contributed by atoms with van der Waals surface area (Å²) in [7, 11) is 0. The molecule has 0 unspecified atom stereocenters. The number of nitrogens with zero attached hydrogens (tertiary/aromatic N) is 1. The van der Waals surface area contributed by atoms with E-state index in [1.807, 2.05) is 19.1 Å². The van der Waals surface area contributed by atoms with Crippen LogP contribution in [0.3, 0.4) is 0 Å². The Bertz CT molecular complexity index is 636. The van der Waals surface area contributed by atoms with Crippen LogP contribution in [0.4, 0.5) is 0 Å². The Morgan fingerprint density at radius 3 is 2.84 bits per heavy atom. The highest BCUT2D eigenvalue weighted by atomic mass is 16.7. The Labute approximate surface area is 110 Å². The molecule has 0 saturated carbocycles. The molecule has 2 aliphatic rings. The highest BCUT2D eigenvalue weighted by Gasteiger charge is 2.28. The topological polar surface area (TPSA) is 56.5 Å². The van der Waals surface area contributed by atoms with Gasteiger partial charge in [0.05, 0.1) is 11.7 Å². The number of ether oxygens (including phenoxy) is 2. The molecule has 1 aromatic carbocycles. The number of aryl methyl sites for hydroxylation is 1. The van der Waals surface area contributed by atoms with Crippen molar-refractivity contribution in [3.05, 3.63) is 40.8 Å². The summed E-state index contributed by atoms with van der Waals surface area (Å²) in [5.74, 6) is 2.49. The van der Waals surface area contributed by atoms with Gasteiger partial charge in [-0.15, -0.1) is 0 Å². The summed E-state index contributed by atoms with van der Waals surface area (Å²) in [5.41, 5.74) is 3.36. The van der Waals surface area contributed by atoms with E-state index in [-0.39, 0.29) is 6.04 Å². The Morgan fingerprint density at radius 1 is 1.21 bits per heavy atom. The van der Waals surface area contributed by atoms with Crippen LogP contribution in [0, 0.1) is 6.92 Å². The zero-order valence-corrected chi connectivity index (χ0v) is 10.6. The first-order valence-corrected chi connectivity index (χ1v) is 6.40. The molecule has 0 fully saturated rings. The van der Waals surface area contributed by atoms with E-state index in [1.54, 1.807) is 0 Å². The molecule has 0 radical (unpaired) electrons. The fraction of sp³-hybridized carbons (Fsp3) is 0.357. The largest absolute Gasteiger partial charge is 0.454 e. The molecule has 98 valence electrons. The summed E-state index contributed by atoms with van der Waals surface area (Å²) in [6.45, 7) is 3.14. The van der Waals surface area contributed by atoms with Gasteiger partial charge in [0.2, 0.25) is 6.79 Å². The van der Waals surface area contributed by atoms with E-state index in [9.17, 15) is 0 Å². The summed E-state index contributed by atoms with van der Waals surface area (Å²) in [6, 6.07) is 6.14. The van der Waals surface area contributed by atoms with Gasteiger partial charge in [0.25, 0.3) is 0 Å². The van der Waals surface area contributed by atoms with E-state index in [4.69, 9.17) is 14.0 Å². The van der Waals surface area contributed by atoms with Crippen molar-refractivity contribution >= 4 is 0 Å². The van der Waals surface area contributed by atoms with Crippen LogP contribution in [0.25, 0.3) is 0 Å². The molecular formula is C14H14N2O3. The van der Waals surface area contributed by atoms with Crippen molar-refractivity contribution in [2.45, 2.75) is 19.4 Å². The van der Waals surface area contributed by atoms with E-state index in [0.717, 1.165) is 35.9 Å². The highest BCUT2D eigenvalue weighted by Crippen LogP contribution is 2.39. The lowest BCUT2D eigenvalue weighted by atomic mass is 9.92. The maximum atomic E-state index is 5.46. The van der Waals surface area contributed by atoms with Gasteiger partial charge in [0.15, 0.2) is 17.3 Å². The quantitative estimate of drug-likeness (QED) is 0.847. The van der Waals surface area contributed by atoms with Gasteiger partial charge in [0.1, 0.15) is 0 Å². The highest BCUT2D eigenvalue weighted by molar-refractivity contribution is 5.51. The predicted molar refractivity (Wildman–Crippen MR) is 67.4 cm³/mol. The Balaban J connectivity index is 1.82. The Kier molecular flexibility index (Phi) is 2.29. The van der Waals surface area contributed by atoms with Crippen LogP contribution in [-0.2, 0) is 6.42 Å². The summed E-state index contributed by atoms with van der Waals surface area (Å²) in [4.78, 5) is 0. The number of fused-ring (bicyclic) bond motifs is 2. The minimum Gasteiger partial charge on any atom is -0.454 e. The van der Waals surface area contributed by atoms with Crippen LogP contribution >= 0.6 is 0 Å². The molecule has 1 atom stereocenters. The predicted octanol–water partition coefficient (Wildman–Crippen LogP) is 1.95. The first-order chi connectivity index (χ1) is 9.31. The third-order valence-electron chi connectivity index (χ3n) is 3.62. The molecule has 0 spiro atoms. The van der Waals surface area contributed by atoms with Crippen molar-refractivity contribution in [1.82, 2.24) is 10.5 Å². The van der Waals surface area contributed by atoms with Crippen LogP contribution in [0.1, 0.15) is 28.6 Å². The summed E-state index contributed by atoms with van der Waals surface area (Å²) >= 11 is 0. The second kappa shape index (κ2) is 3.99. The first kappa shape index (κ1) is 10.9. The maximum absolute atomic E-state index is 5.46. The second-order valence-electron chi connectivity index (χ2n) is 4.91. The zero-order valence-electron chi connectivity index (χ0n) is 10.6. The van der Waals surface area contributed by atoms with Gasteiger partial charge >= 0.3 is 0 Å². The molecule has 5 nitrogen and oxygen atoms in total. The SMILES string of the molecule is Cc1cc([C@@H]2NCCc3cc4c(cc32)OCO4)on1. The van der Waals surface area contributed by atoms with Crippen molar-refractivity contribution in [3.8, 4) is 11.5 Å². The second-order valence-corrected chi connectivity index (χ2v) is 4.91. The van der Waals surface area contributed by atoms with E-state index >= 15 is 0 Å². The standard InChI is InChI=1S/C14H14N2O3/c1-8-4-13(19-16-8)14-10-6-12-11(17-7-18-12)5-9(10)2-3-15-14/h4-6,14-15H,2-3,7H2,1H3/t14-/m1/s1. The molecular weight excluding hydrogens is 244 g/mol. The summed E-state index contributed by atoms with van der Waals surface area (Å²) < 4.78 is 16.3. The third kappa shape index (κ3) is 1.69. The number of hydrogen-bond acceptors (Lipinski definition) is 5. The van der Waals surface area contributed by atoms with Gasteiger partial charge in [-0.2, -0.15) is 0 Å². The summed E-state index contributed by atoms with van der Waals surface area (Å²) in [6.07, 6.45) is 0.982. The van der Waals surface area contributed by atoms with Crippen molar-refractivity contribution in [2.75, 3.05) is 13.3 Å². The van der Waals surface area contributed by atoms with Crippen LogP contribution in [0.2, 0.25) is 0 Å². The number of hydrogen-bond donors (Lipinski definition) is 1. The van der Waals surface area contributed by atoms with E-state index in [0.29, 0.717) is 6.79 Å². The van der Waals surface area contributed by atoms with E-state index in [1.165, 1.54) is 11.1 Å². The lowest BCUT2D eigenvalue weighted by Crippen LogP contribution is -2.30. The fourth-order valence-electron chi connectivity index (χ4n) is 2.72. The number of nitrogens with one attached hydrogen (secondary N) is 1. The molecule has 0 bridgehead atoms. The first-order valence-electron chi connectivity index (χ1n) is 6.40. The van der Waals surface area contributed by atoms with Crippen LogP contribution in [0.15, 0.2) is 22.7 Å². The lowest BCUT2D eigenvalue weighted by molar-refractivity contribution is 0.174. The number of rotatable bonds is 1. The van der Waals surface area contributed by atoms with Gasteiger partial charge in [-0.3, -0.25) is 0 Å². The zero-order chi connectivity index (χ0) is 12.8. The molecule has 4 rings (SSSR count). The van der Waals surface area contributed by atoms with Crippen LogP contribution in [-0.4, -0.2) is 18.5 Å². The minimum absolute atomic E-state index is 0.0412. The molecule has 2 aromatic rings. The van der Waals surface area contributed by atoms with Crippen LogP contribution < -0.4 is 14.8 Å². The average molecular weight is 258 g/mol. The fourth-order valence-corrected chi connectivity index (χ4v) is 2.72. The normalized spacial score (nSPS) is 20.4. The molecule has 3 heterocycles. The smallest absolute Gasteiger partial charge is 0.231 e. The van der Waals surface area contributed by atoms with Crippen LogP contribution in [0.5, 0.6) is 11.5 Å². The van der Waals surface area contributed by atoms with Gasteiger partial charge in [-0.25, -0.2) is 0 Å². The number of benzene rings is 1. The van der Waals surface area contributed by atoms with Gasteiger partial charge in [-0.05, 0) is 36.6 Å². The van der Waals surface area contributed by atoms with E-state index < -0.39 is 0 Å². The van der Waals surface area contributed by atoms with Crippen molar-refractivity contribution < 1.29 is 14.0 Å². The molecule has 0 aliphatic carbocycles. The average Bonchev–Trinajstić information content (AvgIpc) is 3.03. The molecule has 19 heavy (non-hydrogen) atoms. The molecule has 1 N–H and O–H groups in total. The van der Waals surface area contributed by atoms with Gasteiger partial charge in [0, 0.05) is 12.6 Å². The van der Waals surface area contributed by atoms with Gasteiger partial charge < -0.3 is 19.3 Å². The van der Waals surface area contributed by atoms with Crippen molar-refractivity contribution in [2.24, 2.45) is 0 Å². The molecule has 1 aromatic heterocycles. The van der Waals surface area contributed by atoms with Crippen molar-refractivity contribution in [1.29, 1.82) is 0 Å². The third-order valence-corrected chi connectivity index (χ3v) is 3.62.